The van der Waals surface area contributed by atoms with E-state index in [4.69, 9.17) is 12.2 Å². The molecule has 0 bridgehead atoms. The minimum Gasteiger partial charge on any atom is -0.307 e. The summed E-state index contributed by atoms with van der Waals surface area (Å²) < 4.78 is 1.53. The molecule has 1 aliphatic rings. The van der Waals surface area contributed by atoms with Gasteiger partial charge in [-0.15, -0.1) is 0 Å². The van der Waals surface area contributed by atoms with Gasteiger partial charge in [-0.1, -0.05) is 52.0 Å². The quantitative estimate of drug-likeness (QED) is 0.638. The number of rotatable bonds is 1. The van der Waals surface area contributed by atoms with Crippen LogP contribution in [-0.4, -0.2) is 10.2 Å². The molecule has 1 fully saturated rings. The Hall–Kier alpha value is -0.650. The van der Waals surface area contributed by atoms with Crippen molar-refractivity contribution in [2.45, 2.75) is 0 Å². The van der Waals surface area contributed by atoms with E-state index in [1.165, 1.54) is 11.8 Å². The van der Waals surface area contributed by atoms with Gasteiger partial charge in [-0.05, 0) is 23.8 Å². The molecule has 0 spiro atoms. The predicted octanol–water partition coefficient (Wildman–Crippen LogP) is 2.94. The topological polar surface area (TPSA) is 29.1 Å². The van der Waals surface area contributed by atoms with E-state index in [9.17, 15) is 4.79 Å². The van der Waals surface area contributed by atoms with Gasteiger partial charge in [0.15, 0.2) is 0 Å². The van der Waals surface area contributed by atoms with Crippen LogP contribution < -0.4 is 5.32 Å². The molecule has 2 nitrogen and oxygen atoms in total. The molecule has 1 N–H and O–H groups in total. The Morgan fingerprint density at radius 2 is 2.00 bits per heavy atom. The van der Waals surface area contributed by atoms with E-state index in [2.05, 4.69) is 21.2 Å². The van der Waals surface area contributed by atoms with E-state index >= 15 is 0 Å². The highest BCUT2D eigenvalue weighted by Gasteiger charge is 2.21. The summed E-state index contributed by atoms with van der Waals surface area (Å²) in [6.45, 7) is 0. The SMILES string of the molecule is O=C1NC(=S)S/C1=C/c1ccc(Br)cc1. The minimum absolute atomic E-state index is 0.118. The monoisotopic (exact) mass is 299 g/mol. The Morgan fingerprint density at radius 3 is 2.53 bits per heavy atom. The summed E-state index contributed by atoms with van der Waals surface area (Å²) in [4.78, 5) is 12.0. The standard InChI is InChI=1S/C10H6BrNOS2/c11-7-3-1-6(2-4-7)5-8-9(13)12-10(14)15-8/h1-5H,(H,12,13,14)/b8-5+. The summed E-state index contributed by atoms with van der Waals surface area (Å²) in [5.74, 6) is -0.118. The summed E-state index contributed by atoms with van der Waals surface area (Å²) in [7, 11) is 0. The fraction of sp³-hybridized carbons (Fsp3) is 0. The van der Waals surface area contributed by atoms with Crippen molar-refractivity contribution in [1.29, 1.82) is 0 Å². The molecule has 0 atom stereocenters. The summed E-state index contributed by atoms with van der Waals surface area (Å²) >= 11 is 9.54. The third-order valence-electron chi connectivity index (χ3n) is 1.81. The second-order valence-electron chi connectivity index (χ2n) is 2.90. The van der Waals surface area contributed by atoms with Gasteiger partial charge in [-0.2, -0.15) is 0 Å². The number of carbonyl (C=O) groups excluding carboxylic acids is 1. The highest BCUT2D eigenvalue weighted by atomic mass is 79.9. The normalized spacial score (nSPS) is 18.3. The van der Waals surface area contributed by atoms with Gasteiger partial charge < -0.3 is 5.32 Å². The van der Waals surface area contributed by atoms with Crippen LogP contribution in [0.3, 0.4) is 0 Å². The first-order valence-corrected chi connectivity index (χ1v) is 6.17. The molecular formula is C10H6BrNOS2. The number of nitrogens with one attached hydrogen (secondary N) is 1. The lowest BCUT2D eigenvalue weighted by Gasteiger charge is -1.95. The van der Waals surface area contributed by atoms with Gasteiger partial charge >= 0.3 is 0 Å². The fourth-order valence-electron chi connectivity index (χ4n) is 1.13. The van der Waals surface area contributed by atoms with Crippen LogP contribution in [-0.2, 0) is 4.79 Å². The van der Waals surface area contributed by atoms with E-state index in [0.29, 0.717) is 9.23 Å². The lowest BCUT2D eigenvalue weighted by Crippen LogP contribution is -2.17. The second kappa shape index (κ2) is 4.47. The first kappa shape index (κ1) is 10.9. The second-order valence-corrected chi connectivity index (χ2v) is 5.54. The van der Waals surface area contributed by atoms with Gasteiger partial charge in [-0.25, -0.2) is 0 Å². The molecular weight excluding hydrogens is 294 g/mol. The first-order valence-electron chi connectivity index (χ1n) is 4.15. The number of amides is 1. The molecule has 1 aromatic carbocycles. The third kappa shape index (κ3) is 2.68. The van der Waals surface area contributed by atoms with Crippen molar-refractivity contribution in [3.63, 3.8) is 0 Å². The summed E-state index contributed by atoms with van der Waals surface area (Å²) in [6.07, 6.45) is 1.83. The predicted molar refractivity (Wildman–Crippen MR) is 70.5 cm³/mol. The maximum absolute atomic E-state index is 11.4. The van der Waals surface area contributed by atoms with Gasteiger partial charge in [-0.3, -0.25) is 4.79 Å². The third-order valence-corrected chi connectivity index (χ3v) is 3.50. The van der Waals surface area contributed by atoms with Crippen molar-refractivity contribution in [1.82, 2.24) is 5.32 Å². The Bertz CT molecular complexity index is 453. The van der Waals surface area contributed by atoms with Crippen molar-refractivity contribution in [2.24, 2.45) is 0 Å². The maximum Gasteiger partial charge on any atom is 0.263 e. The molecule has 2 rings (SSSR count). The van der Waals surface area contributed by atoms with E-state index in [1.54, 1.807) is 0 Å². The molecule has 1 amide bonds. The number of benzene rings is 1. The van der Waals surface area contributed by atoms with Crippen LogP contribution in [0.1, 0.15) is 5.56 Å². The lowest BCUT2D eigenvalue weighted by atomic mass is 10.2. The Balaban J connectivity index is 2.27. The van der Waals surface area contributed by atoms with Gasteiger partial charge in [0.05, 0.1) is 4.91 Å². The molecule has 1 heterocycles. The molecule has 1 saturated heterocycles. The average Bonchev–Trinajstić information content (AvgIpc) is 2.49. The molecule has 0 radical (unpaired) electrons. The molecule has 76 valence electrons. The summed E-state index contributed by atoms with van der Waals surface area (Å²) in [5, 5.41) is 2.58. The maximum atomic E-state index is 11.4. The Morgan fingerprint density at radius 1 is 1.33 bits per heavy atom. The molecule has 15 heavy (non-hydrogen) atoms. The molecule has 5 heteroatoms. The van der Waals surface area contributed by atoms with E-state index in [-0.39, 0.29) is 5.91 Å². The molecule has 0 saturated carbocycles. The minimum atomic E-state index is -0.118. The fourth-order valence-corrected chi connectivity index (χ4v) is 2.44. The lowest BCUT2D eigenvalue weighted by molar-refractivity contribution is -0.115. The van der Waals surface area contributed by atoms with Crippen molar-refractivity contribution >= 4 is 56.2 Å². The molecule has 0 unspecified atom stereocenters. The summed E-state index contributed by atoms with van der Waals surface area (Å²) in [5.41, 5.74) is 0.987. The van der Waals surface area contributed by atoms with Gasteiger partial charge in [0.25, 0.3) is 5.91 Å². The van der Waals surface area contributed by atoms with E-state index in [0.717, 1.165) is 10.0 Å². The average molecular weight is 300 g/mol. The molecule has 1 aliphatic heterocycles. The zero-order chi connectivity index (χ0) is 10.8. The molecule has 0 aromatic heterocycles. The summed E-state index contributed by atoms with van der Waals surface area (Å²) in [6, 6.07) is 7.74. The van der Waals surface area contributed by atoms with Gasteiger partial charge in [0.2, 0.25) is 0 Å². The Kier molecular flexibility index (Phi) is 3.23. The van der Waals surface area contributed by atoms with E-state index < -0.39 is 0 Å². The first-order chi connectivity index (χ1) is 7.15. The van der Waals surface area contributed by atoms with Crippen molar-refractivity contribution in [3.05, 3.63) is 39.2 Å². The zero-order valence-corrected chi connectivity index (χ0v) is 10.7. The van der Waals surface area contributed by atoms with Crippen molar-refractivity contribution in [2.75, 3.05) is 0 Å². The molecule has 0 aliphatic carbocycles. The number of hydrogen-bond acceptors (Lipinski definition) is 3. The number of hydrogen-bond donors (Lipinski definition) is 1. The van der Waals surface area contributed by atoms with Crippen LogP contribution >= 0.6 is 39.9 Å². The van der Waals surface area contributed by atoms with Crippen LogP contribution in [0.15, 0.2) is 33.6 Å². The number of thiocarbonyl (C=S) groups is 1. The van der Waals surface area contributed by atoms with Crippen LogP contribution in [0, 0.1) is 0 Å². The van der Waals surface area contributed by atoms with Crippen molar-refractivity contribution < 1.29 is 4.79 Å². The van der Waals surface area contributed by atoms with Gasteiger partial charge in [0.1, 0.15) is 4.32 Å². The van der Waals surface area contributed by atoms with Crippen LogP contribution in [0.4, 0.5) is 0 Å². The number of carbonyl (C=O) groups is 1. The smallest absolute Gasteiger partial charge is 0.263 e. The Labute approximate surface area is 105 Å². The number of halogens is 1. The highest BCUT2D eigenvalue weighted by Crippen LogP contribution is 2.26. The van der Waals surface area contributed by atoms with Crippen LogP contribution in [0.25, 0.3) is 6.08 Å². The van der Waals surface area contributed by atoms with Crippen molar-refractivity contribution in [3.8, 4) is 0 Å². The van der Waals surface area contributed by atoms with Crippen LogP contribution in [0.2, 0.25) is 0 Å². The largest absolute Gasteiger partial charge is 0.307 e. The zero-order valence-electron chi connectivity index (χ0n) is 7.49. The van der Waals surface area contributed by atoms with Gasteiger partial charge in [0, 0.05) is 4.47 Å². The number of thioether (sulfide) groups is 1. The van der Waals surface area contributed by atoms with E-state index in [1.807, 2.05) is 30.3 Å². The molecule has 1 aromatic rings. The van der Waals surface area contributed by atoms with Crippen LogP contribution in [0.5, 0.6) is 0 Å². The highest BCUT2D eigenvalue weighted by molar-refractivity contribution is 9.10.